The number of aliphatic hydroxyl groups is 1. The average Bonchev–Trinajstić information content (AvgIpc) is 2.22. The smallest absolute Gasteiger partial charge is 0.255 e. The van der Waals surface area contributed by atoms with E-state index in [-0.39, 0.29) is 25.3 Å². The predicted octanol–water partition coefficient (Wildman–Crippen LogP) is -0.319. The van der Waals surface area contributed by atoms with Crippen LogP contribution in [0.4, 0.5) is 8.78 Å². The minimum absolute atomic E-state index is 0.0463. The first-order chi connectivity index (χ1) is 7.97. The van der Waals surface area contributed by atoms with E-state index in [1.165, 1.54) is 11.8 Å². The summed E-state index contributed by atoms with van der Waals surface area (Å²) in [6, 6.07) is 0. The van der Waals surface area contributed by atoms with Crippen LogP contribution in [0.5, 0.6) is 0 Å². The Bertz CT molecular complexity index is 254. The van der Waals surface area contributed by atoms with Gasteiger partial charge in [0.1, 0.15) is 0 Å². The number of thioether (sulfide) groups is 1. The Balaban J connectivity index is 3.92. The SMILES string of the molecule is NC(=O)CSCCC(=O)N(CCO)CC(F)F. The van der Waals surface area contributed by atoms with Crippen molar-refractivity contribution < 1.29 is 23.5 Å². The van der Waals surface area contributed by atoms with Gasteiger partial charge in [-0.15, -0.1) is 0 Å². The van der Waals surface area contributed by atoms with Crippen molar-refractivity contribution >= 4 is 23.6 Å². The molecule has 0 atom stereocenters. The molecule has 0 saturated carbocycles. The van der Waals surface area contributed by atoms with E-state index in [0.717, 1.165) is 4.90 Å². The lowest BCUT2D eigenvalue weighted by Gasteiger charge is -2.21. The van der Waals surface area contributed by atoms with E-state index in [2.05, 4.69) is 0 Å². The number of primary amides is 1. The summed E-state index contributed by atoms with van der Waals surface area (Å²) in [5.41, 5.74) is 4.90. The number of rotatable bonds is 9. The second kappa shape index (κ2) is 9.17. The number of carbonyl (C=O) groups is 2. The van der Waals surface area contributed by atoms with E-state index in [1.54, 1.807) is 0 Å². The molecule has 17 heavy (non-hydrogen) atoms. The van der Waals surface area contributed by atoms with E-state index in [4.69, 9.17) is 10.8 Å². The van der Waals surface area contributed by atoms with Gasteiger partial charge < -0.3 is 15.7 Å². The van der Waals surface area contributed by atoms with Crippen LogP contribution in [0.3, 0.4) is 0 Å². The normalized spacial score (nSPS) is 10.6. The Morgan fingerprint density at radius 3 is 2.53 bits per heavy atom. The summed E-state index contributed by atoms with van der Waals surface area (Å²) in [7, 11) is 0. The number of alkyl halides is 2. The average molecular weight is 270 g/mol. The molecule has 0 fully saturated rings. The molecule has 0 aromatic heterocycles. The van der Waals surface area contributed by atoms with Gasteiger partial charge in [0.05, 0.1) is 18.9 Å². The first-order valence-electron chi connectivity index (χ1n) is 5.00. The van der Waals surface area contributed by atoms with Crippen LogP contribution in [-0.2, 0) is 9.59 Å². The summed E-state index contributed by atoms with van der Waals surface area (Å²) >= 11 is 1.17. The third-order valence-corrected chi connectivity index (χ3v) is 2.77. The molecule has 0 aromatic rings. The van der Waals surface area contributed by atoms with Crippen molar-refractivity contribution in [1.82, 2.24) is 4.90 Å². The highest BCUT2D eigenvalue weighted by molar-refractivity contribution is 7.99. The first kappa shape index (κ1) is 16.1. The van der Waals surface area contributed by atoms with Gasteiger partial charge in [-0.1, -0.05) is 0 Å². The van der Waals surface area contributed by atoms with Gasteiger partial charge in [0.15, 0.2) is 0 Å². The van der Waals surface area contributed by atoms with Gasteiger partial charge >= 0.3 is 0 Å². The minimum Gasteiger partial charge on any atom is -0.395 e. The quantitative estimate of drug-likeness (QED) is 0.562. The number of hydrogen-bond acceptors (Lipinski definition) is 4. The van der Waals surface area contributed by atoms with Gasteiger partial charge in [0, 0.05) is 18.7 Å². The molecular weight excluding hydrogens is 254 g/mol. The van der Waals surface area contributed by atoms with Gasteiger partial charge in [-0.25, -0.2) is 8.78 Å². The molecule has 2 amide bonds. The molecule has 0 aliphatic heterocycles. The van der Waals surface area contributed by atoms with Crippen molar-refractivity contribution in [3.8, 4) is 0 Å². The van der Waals surface area contributed by atoms with Crippen LogP contribution in [0.1, 0.15) is 6.42 Å². The Hall–Kier alpha value is -0.890. The van der Waals surface area contributed by atoms with Crippen LogP contribution in [0.15, 0.2) is 0 Å². The monoisotopic (exact) mass is 270 g/mol. The molecule has 0 saturated heterocycles. The van der Waals surface area contributed by atoms with Crippen molar-refractivity contribution in [2.24, 2.45) is 5.73 Å². The minimum atomic E-state index is -2.62. The summed E-state index contributed by atoms with van der Waals surface area (Å²) < 4.78 is 24.2. The molecule has 8 heteroatoms. The van der Waals surface area contributed by atoms with Crippen molar-refractivity contribution in [3.05, 3.63) is 0 Å². The largest absolute Gasteiger partial charge is 0.395 e. The Kier molecular flexibility index (Phi) is 8.69. The fourth-order valence-corrected chi connectivity index (χ4v) is 1.76. The number of carbonyl (C=O) groups excluding carboxylic acids is 2. The Labute approximate surface area is 102 Å². The number of hydrogen-bond donors (Lipinski definition) is 2. The highest BCUT2D eigenvalue weighted by Crippen LogP contribution is 2.06. The highest BCUT2D eigenvalue weighted by atomic mass is 32.2. The molecular formula is C9H16F2N2O3S. The summed E-state index contributed by atoms with van der Waals surface area (Å²) in [5.74, 6) is -0.506. The second-order valence-electron chi connectivity index (χ2n) is 3.22. The van der Waals surface area contributed by atoms with Crippen LogP contribution < -0.4 is 5.73 Å². The van der Waals surface area contributed by atoms with E-state index in [9.17, 15) is 18.4 Å². The molecule has 0 unspecified atom stereocenters. The molecule has 100 valence electrons. The van der Waals surface area contributed by atoms with Gasteiger partial charge in [-0.2, -0.15) is 11.8 Å². The zero-order chi connectivity index (χ0) is 13.3. The maximum Gasteiger partial charge on any atom is 0.255 e. The fraction of sp³-hybridized carbons (Fsp3) is 0.778. The highest BCUT2D eigenvalue weighted by Gasteiger charge is 2.17. The van der Waals surface area contributed by atoms with E-state index < -0.39 is 24.8 Å². The zero-order valence-electron chi connectivity index (χ0n) is 9.27. The molecule has 0 aliphatic carbocycles. The van der Waals surface area contributed by atoms with Gasteiger partial charge in [0.2, 0.25) is 11.8 Å². The second-order valence-corrected chi connectivity index (χ2v) is 4.33. The molecule has 3 N–H and O–H groups in total. The van der Waals surface area contributed by atoms with E-state index >= 15 is 0 Å². The fourth-order valence-electron chi connectivity index (χ4n) is 1.10. The number of aliphatic hydroxyl groups excluding tert-OH is 1. The van der Waals surface area contributed by atoms with Crippen molar-refractivity contribution in [3.63, 3.8) is 0 Å². The van der Waals surface area contributed by atoms with Crippen molar-refractivity contribution in [2.45, 2.75) is 12.8 Å². The summed E-state index contributed by atoms with van der Waals surface area (Å²) in [6.07, 6.45) is -2.58. The molecule has 0 bridgehead atoms. The van der Waals surface area contributed by atoms with E-state index in [0.29, 0.717) is 5.75 Å². The van der Waals surface area contributed by atoms with Crippen molar-refractivity contribution in [1.29, 1.82) is 0 Å². The lowest BCUT2D eigenvalue weighted by molar-refractivity contribution is -0.133. The topological polar surface area (TPSA) is 83.6 Å². The zero-order valence-corrected chi connectivity index (χ0v) is 10.1. The van der Waals surface area contributed by atoms with E-state index in [1.807, 2.05) is 0 Å². The van der Waals surface area contributed by atoms with Crippen LogP contribution in [-0.4, -0.2) is 59.4 Å². The lowest BCUT2D eigenvalue weighted by atomic mass is 10.3. The molecule has 5 nitrogen and oxygen atoms in total. The Morgan fingerprint density at radius 2 is 2.06 bits per heavy atom. The number of halogens is 2. The van der Waals surface area contributed by atoms with Gasteiger partial charge in [-0.05, 0) is 0 Å². The predicted molar refractivity (Wildman–Crippen MR) is 60.8 cm³/mol. The number of nitrogens with two attached hydrogens (primary N) is 1. The lowest BCUT2D eigenvalue weighted by Crippen LogP contribution is -2.37. The van der Waals surface area contributed by atoms with Crippen molar-refractivity contribution in [2.75, 3.05) is 31.2 Å². The van der Waals surface area contributed by atoms with Crippen LogP contribution in [0.2, 0.25) is 0 Å². The summed E-state index contributed by atoms with van der Waals surface area (Å²) in [6.45, 7) is -1.14. The molecule has 0 spiro atoms. The van der Waals surface area contributed by atoms with Crippen LogP contribution in [0.25, 0.3) is 0 Å². The first-order valence-corrected chi connectivity index (χ1v) is 6.15. The molecule has 0 radical (unpaired) electrons. The molecule has 0 heterocycles. The maximum atomic E-state index is 12.1. The summed E-state index contributed by atoms with van der Waals surface area (Å²) in [4.78, 5) is 22.8. The van der Waals surface area contributed by atoms with Gasteiger partial charge in [-0.3, -0.25) is 9.59 Å². The summed E-state index contributed by atoms with van der Waals surface area (Å²) in [5, 5.41) is 8.64. The molecule has 0 rings (SSSR count). The molecule has 0 aliphatic rings. The van der Waals surface area contributed by atoms with Gasteiger partial charge in [0.25, 0.3) is 6.43 Å². The van der Waals surface area contributed by atoms with Crippen LogP contribution in [0, 0.1) is 0 Å². The van der Waals surface area contributed by atoms with Crippen LogP contribution >= 0.6 is 11.8 Å². The third-order valence-electron chi connectivity index (χ3n) is 1.79. The number of amides is 2. The third kappa shape index (κ3) is 8.87. The Morgan fingerprint density at radius 1 is 1.41 bits per heavy atom. The standard InChI is InChI=1S/C9H16F2N2O3S/c10-7(11)5-13(2-3-14)9(16)1-4-17-6-8(12)15/h7,14H,1-6H2,(H2,12,15). The molecule has 0 aromatic carbocycles. The number of nitrogens with zero attached hydrogens (tertiary/aromatic N) is 1. The maximum absolute atomic E-state index is 12.1.